The van der Waals surface area contributed by atoms with Gasteiger partial charge in [-0.3, -0.25) is 86.9 Å². The average Bonchev–Trinajstić information content (AvgIpc) is 1.70. The van der Waals surface area contributed by atoms with Crippen LogP contribution in [0.25, 0.3) is 10.9 Å². The number of nitrogens with two attached hydrogens (primary N) is 5. The second kappa shape index (κ2) is 56.4. The molecular formula is C88H129N25O23S. The standard InChI is InChI=1S/C88H129N25O23S/c1-6-46(4)71(111-84(132)67-22-15-31-113(67)86(134)58(20-12-13-29-89)103-73(121)54(90)43-137)85(133)110-65(41-114)74(122)98-40-70(120)100-63(36-51-39-95-44-99-51)81(129)108-64(37-69(92)119)82(130)109-66(42-115)83(131)104-59(32-45(2)3)77(125)105-60(33-48-16-8-7-9-17-48)79(127)107-62(35-50-38-97-55-19-11-10-18-53(50)55)80(128)106-61(34-49-23-25-52(117)26-24-49)78(126)101-56(21-14-30-96-88(93)94)75(123)102-57(27-28-68(91)118)76(124)112-72(47(5)116)87(135)136/h7-11,16-19,23-26,38-39,44-47,54,56-67,71-72,97,114-117,137H,6,12-15,20-22,27-37,40-43,89-90H2,1-5H3,(H2,91,118)(H2,92,119)(H,95,99)(H,98,122)(H,100,120)(H,101,126)(H,102,123)(H,103,121)(H,104,131)(H,105,125)(H,106,128)(H,107,127)(H,108,129)(H,109,130)(H,110,133)(H,111,132)(H,112,124)(H,135,136)(H4,93,94,96)/t46-,47+,54-,56-,57-,58-,59-,60-,61-,62-,63-,64-,65-,66-,67-,71-,72-/m0/s1. The molecule has 5 aromatic rings. The molecule has 0 saturated carbocycles. The molecule has 2 aromatic heterocycles. The number of thiol groups is 1. The number of amides is 17. The number of unbranched alkanes of at least 4 members (excludes halogenated alkanes) is 1. The van der Waals surface area contributed by atoms with Crippen LogP contribution < -0.4 is 108 Å². The van der Waals surface area contributed by atoms with Gasteiger partial charge >= 0.3 is 5.97 Å². The number of hydrogen-bond acceptors (Lipinski definition) is 27. The smallest absolute Gasteiger partial charge is 0.328 e. The summed E-state index contributed by atoms with van der Waals surface area (Å²) in [6.07, 6.45) is 0.535. The van der Waals surface area contributed by atoms with E-state index >= 15 is 19.2 Å². The first kappa shape index (κ1) is 112. The summed E-state index contributed by atoms with van der Waals surface area (Å²) in [6, 6.07) is -3.44. The molecule has 17 amide bonds. The summed E-state index contributed by atoms with van der Waals surface area (Å²) in [5.41, 5.74) is 30.1. The van der Waals surface area contributed by atoms with E-state index in [0.29, 0.717) is 59.8 Å². The molecule has 48 nitrogen and oxygen atoms in total. The minimum atomic E-state index is -2.00. The van der Waals surface area contributed by atoms with Crippen LogP contribution in [0.15, 0.2) is 97.6 Å². The van der Waals surface area contributed by atoms with Gasteiger partial charge in [-0.25, -0.2) is 9.78 Å². The molecule has 1 aliphatic rings. The molecule has 6 rings (SSSR count). The van der Waals surface area contributed by atoms with Crippen LogP contribution in [-0.4, -0.2) is 300 Å². The van der Waals surface area contributed by atoms with Crippen molar-refractivity contribution >= 4 is 136 Å². The van der Waals surface area contributed by atoms with Crippen LogP contribution in [0.5, 0.6) is 5.75 Å². The van der Waals surface area contributed by atoms with E-state index in [-0.39, 0.29) is 75.2 Å². The number of aliphatic hydroxyl groups is 3. The Morgan fingerprint density at radius 3 is 1.61 bits per heavy atom. The van der Waals surface area contributed by atoms with Gasteiger partial charge in [0.25, 0.3) is 0 Å². The van der Waals surface area contributed by atoms with Crippen molar-refractivity contribution in [1.82, 2.24) is 99.6 Å². The van der Waals surface area contributed by atoms with Crippen molar-refractivity contribution in [3.8, 4) is 5.75 Å². The predicted octanol–water partition coefficient (Wildman–Crippen LogP) is -7.39. The van der Waals surface area contributed by atoms with Gasteiger partial charge in [0.1, 0.15) is 84.3 Å². The number of carboxylic acids is 1. The number of rotatable bonds is 59. The van der Waals surface area contributed by atoms with E-state index in [1.807, 2.05) is 0 Å². The molecule has 0 unspecified atom stereocenters. The number of nitrogens with zero attached hydrogens (tertiary/aromatic N) is 2. The zero-order chi connectivity index (χ0) is 101. The number of guanidine groups is 1. The number of aliphatic carboxylic acids is 1. The second-order valence-corrected chi connectivity index (χ2v) is 34.1. The number of primary amides is 2. The topological polar surface area (TPSA) is 791 Å². The van der Waals surface area contributed by atoms with E-state index in [1.165, 1.54) is 41.7 Å². The van der Waals surface area contributed by atoms with Gasteiger partial charge in [-0.2, -0.15) is 12.6 Å². The van der Waals surface area contributed by atoms with Crippen LogP contribution in [0.2, 0.25) is 0 Å². The highest BCUT2D eigenvalue weighted by atomic mass is 32.1. The highest BCUT2D eigenvalue weighted by Gasteiger charge is 2.43. The number of para-hydroxylation sites is 1. The van der Waals surface area contributed by atoms with Crippen LogP contribution >= 0.6 is 12.6 Å². The summed E-state index contributed by atoms with van der Waals surface area (Å²) in [4.78, 5) is 263. The molecule has 17 atom stereocenters. The van der Waals surface area contributed by atoms with E-state index in [4.69, 9.17) is 34.1 Å². The van der Waals surface area contributed by atoms with E-state index in [0.717, 1.165) is 6.92 Å². The molecule has 33 N–H and O–H groups in total. The van der Waals surface area contributed by atoms with Crippen molar-refractivity contribution in [3.63, 3.8) is 0 Å². The van der Waals surface area contributed by atoms with Gasteiger partial charge in [0.15, 0.2) is 12.0 Å². The number of aromatic amines is 2. The molecule has 3 aromatic carbocycles. The molecule has 0 bridgehead atoms. The van der Waals surface area contributed by atoms with Crippen LogP contribution in [0.4, 0.5) is 0 Å². The van der Waals surface area contributed by atoms with Gasteiger partial charge in [0, 0.05) is 74.2 Å². The minimum Gasteiger partial charge on any atom is -0.508 e. The molecule has 1 aliphatic heterocycles. The summed E-state index contributed by atoms with van der Waals surface area (Å²) in [5.74, 6) is -20.7. The number of hydrogen-bond donors (Lipinski definition) is 29. The summed E-state index contributed by atoms with van der Waals surface area (Å²) < 4.78 is 0. The summed E-state index contributed by atoms with van der Waals surface area (Å²) in [5, 5.41) is 97.0. The fourth-order valence-electron chi connectivity index (χ4n) is 14.7. The zero-order valence-electron chi connectivity index (χ0n) is 76.7. The van der Waals surface area contributed by atoms with Gasteiger partial charge in [0.05, 0.1) is 50.3 Å². The van der Waals surface area contributed by atoms with E-state index in [1.54, 1.807) is 88.5 Å². The Bertz CT molecular complexity index is 4950. The van der Waals surface area contributed by atoms with Crippen LogP contribution in [-0.2, 0) is 112 Å². The molecule has 3 heterocycles. The number of carboxylic acid groups (broad SMARTS) is 1. The molecule has 1 fully saturated rings. The molecule has 137 heavy (non-hydrogen) atoms. The number of aromatic hydroxyl groups is 1. The van der Waals surface area contributed by atoms with Crippen molar-refractivity contribution in [3.05, 3.63) is 120 Å². The van der Waals surface area contributed by atoms with Gasteiger partial charge in [-0.1, -0.05) is 94.8 Å². The molecule has 0 spiro atoms. The number of imidazole rings is 1. The predicted molar refractivity (Wildman–Crippen MR) is 498 cm³/mol. The fraction of sp³-hybridized carbons (Fsp3) is 0.523. The van der Waals surface area contributed by atoms with Crippen molar-refractivity contribution < 1.29 is 112 Å². The third kappa shape index (κ3) is 36.7. The maximum atomic E-state index is 15.4. The van der Waals surface area contributed by atoms with Gasteiger partial charge in [0.2, 0.25) is 100 Å². The number of aromatic nitrogens is 3. The summed E-state index contributed by atoms with van der Waals surface area (Å²) >= 11 is 4.08. The Kier molecular flexibility index (Phi) is 46.1. The normalized spacial score (nSPS) is 15.8. The first-order valence-electron chi connectivity index (χ1n) is 44.8. The van der Waals surface area contributed by atoms with Crippen molar-refractivity contribution in [1.29, 1.82) is 5.41 Å². The quantitative estimate of drug-likeness (QED) is 0.00744. The van der Waals surface area contributed by atoms with Crippen LogP contribution in [0.1, 0.15) is 134 Å². The first-order chi connectivity index (χ1) is 65.1. The van der Waals surface area contributed by atoms with Gasteiger partial charge in [-0.15, -0.1) is 0 Å². The minimum absolute atomic E-state index is 0.0118. The van der Waals surface area contributed by atoms with Crippen LogP contribution in [0.3, 0.4) is 0 Å². The number of benzene rings is 3. The molecular weight excluding hydrogens is 1810 g/mol. The molecule has 49 heteroatoms. The van der Waals surface area contributed by atoms with Crippen LogP contribution in [0, 0.1) is 17.2 Å². The highest BCUT2D eigenvalue weighted by molar-refractivity contribution is 7.80. The van der Waals surface area contributed by atoms with Gasteiger partial charge in [-0.05, 0) is 118 Å². The first-order valence-corrected chi connectivity index (χ1v) is 45.4. The number of nitrogens with one attached hydrogen (secondary N) is 18. The number of phenolic OH excluding ortho intramolecular Hbond substituents is 1. The fourth-order valence-corrected chi connectivity index (χ4v) is 14.9. The number of likely N-dealkylation sites (tertiary alicyclic amines) is 1. The SMILES string of the molecule is CC[C@H](C)[C@H](NC(=O)[C@@H]1CCCN1C(=O)[C@H](CCCCN)NC(=O)[C@@H](N)CS)C(=O)N[C@@H](CO)C(=O)NCC(=O)N[C@@H](Cc1c[nH]cn1)C(=O)N[C@@H](CC(N)=O)C(=O)N[C@@H](CO)C(=O)N[C@@H](CC(C)C)C(=O)N[C@@H](Cc1ccccc1)C(=O)N[C@@H](Cc1c[nH]c2ccccc12)C(=O)N[C@@H](Cc1ccc(O)cc1)C(=O)N[C@@H](CCCNC(=N)N)C(=O)N[C@@H](CCC(N)=O)C(=O)N[C@H](C(=O)O)[C@@H](C)O. The third-order valence-corrected chi connectivity index (χ3v) is 22.8. The molecule has 1 saturated heterocycles. The number of aliphatic hydroxyl groups excluding tert-OH is 3. The van der Waals surface area contributed by atoms with Crippen molar-refractivity contribution in [2.24, 2.45) is 40.5 Å². The lowest BCUT2D eigenvalue weighted by atomic mass is 9.97. The van der Waals surface area contributed by atoms with E-state index < -0.39 is 273 Å². The van der Waals surface area contributed by atoms with E-state index in [2.05, 4.69) is 107 Å². The number of carbonyl (C=O) groups is 18. The second-order valence-electron chi connectivity index (χ2n) is 33.7. The largest absolute Gasteiger partial charge is 0.508 e. The third-order valence-electron chi connectivity index (χ3n) is 22.4. The Hall–Kier alpha value is -13.9. The Balaban J connectivity index is 1.21. The maximum absolute atomic E-state index is 15.4. The average molecular weight is 1940 g/mol. The van der Waals surface area contributed by atoms with E-state index in [9.17, 15) is 92.7 Å². The monoisotopic (exact) mass is 1940 g/mol. The lowest BCUT2D eigenvalue weighted by Crippen LogP contribution is -2.62. The maximum Gasteiger partial charge on any atom is 0.328 e. The Morgan fingerprint density at radius 1 is 0.540 bits per heavy atom. The highest BCUT2D eigenvalue weighted by Crippen LogP contribution is 2.24. The lowest BCUT2D eigenvalue weighted by molar-refractivity contribution is -0.145. The Labute approximate surface area is 794 Å². The van der Waals surface area contributed by atoms with Crippen molar-refractivity contribution in [2.45, 2.75) is 234 Å². The number of H-pyrrole nitrogens is 2. The van der Waals surface area contributed by atoms with Crippen molar-refractivity contribution in [2.75, 3.05) is 45.1 Å². The Morgan fingerprint density at radius 2 is 1.05 bits per heavy atom. The van der Waals surface area contributed by atoms with Gasteiger partial charge < -0.3 is 149 Å². The summed E-state index contributed by atoms with van der Waals surface area (Å²) in [7, 11) is 0. The lowest BCUT2D eigenvalue weighted by Gasteiger charge is -2.31. The summed E-state index contributed by atoms with van der Waals surface area (Å²) in [6.45, 7) is 4.96. The zero-order valence-corrected chi connectivity index (χ0v) is 77.6. The number of phenols is 1. The number of carbonyl (C=O) groups excluding carboxylic acids is 17. The molecule has 0 radical (unpaired) electrons. The molecule has 0 aliphatic carbocycles. The number of fused-ring (bicyclic) bond motifs is 1. The molecule has 750 valence electrons.